The molecule has 0 aliphatic carbocycles. The summed E-state index contributed by atoms with van der Waals surface area (Å²) >= 11 is 0. The van der Waals surface area contributed by atoms with Gasteiger partial charge in [0.1, 0.15) is 0 Å². The molecule has 0 bridgehead atoms. The van der Waals surface area contributed by atoms with Gasteiger partial charge in [0.05, 0.1) is 0 Å². The SMILES string of the molecule is C/C=C\c1ccc(C)cc1C.CO.[CH3-].[V]. The molecule has 0 saturated carbocycles. The zero-order valence-electron chi connectivity index (χ0n) is 10.3. The number of rotatable bonds is 1. The molecule has 0 spiro atoms. The van der Waals surface area contributed by atoms with Gasteiger partial charge in [0.15, 0.2) is 0 Å². The Labute approximate surface area is 106 Å². The molecule has 1 radical (unpaired) electrons. The maximum Gasteiger partial charge on any atom is 0.0319 e. The zero-order valence-corrected chi connectivity index (χ0v) is 11.7. The number of aliphatic hydroxyl groups excluding tert-OH is 1. The monoisotopic (exact) mass is 244 g/mol. The summed E-state index contributed by atoms with van der Waals surface area (Å²) in [6.07, 6.45) is 4.20. The molecule has 0 atom stereocenters. The van der Waals surface area contributed by atoms with Crippen molar-refractivity contribution in [2.45, 2.75) is 20.8 Å². The minimum atomic E-state index is 0. The standard InChI is InChI=1S/C11H14.CH4O.CH3.V/c1-4-5-11-7-6-9(2)8-10(11)3;1-2;;/h4-8H,1-3H3;2H,1H3;1H3;/q;;-1;/b5-4-;;;. The van der Waals surface area contributed by atoms with Crippen molar-refractivity contribution < 1.29 is 23.7 Å². The summed E-state index contributed by atoms with van der Waals surface area (Å²) in [7, 11) is 1.00. The Hall–Kier alpha value is -0.496. The van der Waals surface area contributed by atoms with Gasteiger partial charge >= 0.3 is 0 Å². The van der Waals surface area contributed by atoms with Gasteiger partial charge in [-0.25, -0.2) is 0 Å². The van der Waals surface area contributed by atoms with Crippen LogP contribution in [0.25, 0.3) is 6.08 Å². The van der Waals surface area contributed by atoms with Gasteiger partial charge in [0, 0.05) is 25.7 Å². The van der Waals surface area contributed by atoms with Gasteiger partial charge in [-0.15, -0.1) is 0 Å². The van der Waals surface area contributed by atoms with Crippen LogP contribution in [0.4, 0.5) is 0 Å². The quantitative estimate of drug-likeness (QED) is 0.751. The Kier molecular flexibility index (Phi) is 15.4. The van der Waals surface area contributed by atoms with Gasteiger partial charge in [-0.3, -0.25) is 0 Å². The molecule has 0 heterocycles. The Morgan fingerprint density at radius 3 is 2.07 bits per heavy atom. The first-order chi connectivity index (χ1) is 6.24. The van der Waals surface area contributed by atoms with Crippen LogP contribution in [0.2, 0.25) is 0 Å². The number of benzene rings is 1. The average molecular weight is 244 g/mol. The van der Waals surface area contributed by atoms with E-state index in [0.717, 1.165) is 7.11 Å². The van der Waals surface area contributed by atoms with Gasteiger partial charge < -0.3 is 12.5 Å². The van der Waals surface area contributed by atoms with Crippen LogP contribution in [0.1, 0.15) is 23.6 Å². The maximum atomic E-state index is 7.00. The van der Waals surface area contributed by atoms with Gasteiger partial charge in [0.25, 0.3) is 0 Å². The van der Waals surface area contributed by atoms with Crippen LogP contribution in [0, 0.1) is 21.3 Å². The summed E-state index contributed by atoms with van der Waals surface area (Å²) in [6.45, 7) is 6.30. The van der Waals surface area contributed by atoms with E-state index in [1.807, 2.05) is 6.92 Å². The Morgan fingerprint density at radius 1 is 1.13 bits per heavy atom. The van der Waals surface area contributed by atoms with E-state index in [0.29, 0.717) is 0 Å². The van der Waals surface area contributed by atoms with Crippen LogP contribution in [-0.4, -0.2) is 12.2 Å². The third kappa shape index (κ3) is 7.44. The first-order valence-electron chi connectivity index (χ1n) is 4.38. The summed E-state index contributed by atoms with van der Waals surface area (Å²) in [5.41, 5.74) is 4.00. The Bertz CT molecular complexity index is 280. The number of aliphatic hydroxyl groups is 1. The summed E-state index contributed by atoms with van der Waals surface area (Å²) in [6, 6.07) is 6.50. The van der Waals surface area contributed by atoms with Gasteiger partial charge in [-0.2, -0.15) is 0 Å². The molecule has 0 amide bonds. The fourth-order valence-corrected chi connectivity index (χ4v) is 1.19. The molecular weight excluding hydrogens is 223 g/mol. The van der Waals surface area contributed by atoms with Crippen LogP contribution in [-0.2, 0) is 18.6 Å². The predicted molar refractivity (Wildman–Crippen MR) is 65.2 cm³/mol. The zero-order chi connectivity index (χ0) is 10.3. The molecule has 1 N–H and O–H groups in total. The molecule has 1 rings (SSSR count). The molecule has 1 nitrogen and oxygen atoms in total. The maximum absolute atomic E-state index is 7.00. The van der Waals surface area contributed by atoms with Gasteiger partial charge in [-0.05, 0) is 31.9 Å². The number of aryl methyl sites for hydroxylation is 2. The molecular formula is C13H21OV-. The second-order valence-corrected chi connectivity index (χ2v) is 2.86. The van der Waals surface area contributed by atoms with Crippen molar-refractivity contribution in [3.63, 3.8) is 0 Å². The van der Waals surface area contributed by atoms with Crippen LogP contribution in [0.5, 0.6) is 0 Å². The van der Waals surface area contributed by atoms with Crippen molar-refractivity contribution in [3.05, 3.63) is 48.4 Å². The molecule has 0 fully saturated rings. The fourth-order valence-electron chi connectivity index (χ4n) is 1.19. The van der Waals surface area contributed by atoms with E-state index >= 15 is 0 Å². The Balaban J connectivity index is -0.000000339. The van der Waals surface area contributed by atoms with E-state index in [9.17, 15) is 0 Å². The third-order valence-electron chi connectivity index (χ3n) is 1.77. The van der Waals surface area contributed by atoms with E-state index in [2.05, 4.69) is 44.2 Å². The molecule has 0 saturated heterocycles. The number of allylic oxidation sites excluding steroid dienone is 1. The Morgan fingerprint density at radius 2 is 1.67 bits per heavy atom. The number of hydrogen-bond donors (Lipinski definition) is 1. The number of hydrogen-bond acceptors (Lipinski definition) is 1. The van der Waals surface area contributed by atoms with Crippen LogP contribution in [0.15, 0.2) is 24.3 Å². The summed E-state index contributed by atoms with van der Waals surface area (Å²) in [4.78, 5) is 0. The van der Waals surface area contributed by atoms with E-state index in [1.54, 1.807) is 0 Å². The normalized spacial score (nSPS) is 8.33. The first kappa shape index (κ1) is 20.0. The van der Waals surface area contributed by atoms with Crippen molar-refractivity contribution >= 4 is 6.08 Å². The molecule has 0 aliphatic heterocycles. The second kappa shape index (κ2) is 11.6. The summed E-state index contributed by atoms with van der Waals surface area (Å²) in [5, 5.41) is 7.00. The van der Waals surface area contributed by atoms with Gasteiger partial charge in [0.2, 0.25) is 0 Å². The average Bonchev–Trinajstić information content (AvgIpc) is 2.14. The molecule has 85 valence electrons. The first-order valence-corrected chi connectivity index (χ1v) is 4.38. The van der Waals surface area contributed by atoms with E-state index in [-0.39, 0.29) is 26.0 Å². The largest absolute Gasteiger partial charge is 0.400 e. The topological polar surface area (TPSA) is 20.2 Å². The molecule has 1 aromatic rings. The van der Waals surface area contributed by atoms with Crippen molar-refractivity contribution in [3.8, 4) is 0 Å². The fraction of sp³-hybridized carbons (Fsp3) is 0.308. The summed E-state index contributed by atoms with van der Waals surface area (Å²) in [5.74, 6) is 0. The van der Waals surface area contributed by atoms with Crippen molar-refractivity contribution in [2.75, 3.05) is 7.11 Å². The van der Waals surface area contributed by atoms with Crippen LogP contribution in [0.3, 0.4) is 0 Å². The molecule has 2 heteroatoms. The van der Waals surface area contributed by atoms with Crippen molar-refractivity contribution in [2.24, 2.45) is 0 Å². The second-order valence-electron chi connectivity index (χ2n) is 2.86. The third-order valence-corrected chi connectivity index (χ3v) is 1.77. The molecule has 0 aliphatic rings. The van der Waals surface area contributed by atoms with Crippen LogP contribution < -0.4 is 0 Å². The summed E-state index contributed by atoms with van der Waals surface area (Å²) < 4.78 is 0. The van der Waals surface area contributed by atoms with E-state index < -0.39 is 0 Å². The minimum Gasteiger partial charge on any atom is -0.400 e. The molecule has 15 heavy (non-hydrogen) atoms. The van der Waals surface area contributed by atoms with Crippen LogP contribution >= 0.6 is 0 Å². The van der Waals surface area contributed by atoms with Crippen molar-refractivity contribution in [1.29, 1.82) is 0 Å². The van der Waals surface area contributed by atoms with E-state index in [1.165, 1.54) is 16.7 Å². The predicted octanol–water partition coefficient (Wildman–Crippen LogP) is 3.39. The minimum absolute atomic E-state index is 0. The smallest absolute Gasteiger partial charge is 0.0319 e. The van der Waals surface area contributed by atoms with Crippen molar-refractivity contribution in [1.82, 2.24) is 0 Å². The molecule has 0 unspecified atom stereocenters. The molecule has 1 aromatic carbocycles. The van der Waals surface area contributed by atoms with Gasteiger partial charge in [-0.1, -0.05) is 35.9 Å². The molecule has 0 aromatic heterocycles. The van der Waals surface area contributed by atoms with E-state index in [4.69, 9.17) is 5.11 Å².